The first-order valence-corrected chi connectivity index (χ1v) is 7.31. The second-order valence-electron chi connectivity index (χ2n) is 4.32. The maximum absolute atomic E-state index is 12.3. The van der Waals surface area contributed by atoms with Crippen LogP contribution in [0.1, 0.15) is 11.4 Å². The van der Waals surface area contributed by atoms with Gasteiger partial charge in [0, 0.05) is 6.07 Å². The number of aromatic amines is 1. The van der Waals surface area contributed by atoms with E-state index in [-0.39, 0.29) is 4.90 Å². The van der Waals surface area contributed by atoms with E-state index in [1.54, 1.807) is 13.8 Å². The molecule has 1 aromatic heterocycles. The number of hydrogen-bond acceptors (Lipinski definition) is 5. The highest BCUT2D eigenvalue weighted by Crippen LogP contribution is 2.27. The molecule has 0 aliphatic rings. The molecule has 0 spiro atoms. The first kappa shape index (κ1) is 14.2. The lowest BCUT2D eigenvalue weighted by atomic mass is 10.3. The van der Waals surface area contributed by atoms with Gasteiger partial charge in [-0.3, -0.25) is 9.82 Å². The van der Waals surface area contributed by atoms with E-state index in [9.17, 15) is 8.42 Å². The third kappa shape index (κ3) is 2.55. The Labute approximate surface area is 117 Å². The molecule has 0 bridgehead atoms. The van der Waals surface area contributed by atoms with Crippen molar-refractivity contribution in [3.63, 3.8) is 0 Å². The Morgan fingerprint density at radius 2 is 2.05 bits per heavy atom. The highest BCUT2D eigenvalue weighted by Gasteiger charge is 2.19. The monoisotopic (exact) mass is 296 g/mol. The molecule has 2 rings (SSSR count). The maximum Gasteiger partial charge on any atom is 0.262 e. The minimum atomic E-state index is -3.72. The number of anilines is 2. The van der Waals surface area contributed by atoms with Crippen molar-refractivity contribution < 1.29 is 13.2 Å². The highest BCUT2D eigenvalue weighted by molar-refractivity contribution is 7.92. The number of nitrogens with one attached hydrogen (secondary N) is 2. The van der Waals surface area contributed by atoms with Crippen molar-refractivity contribution in [3.05, 3.63) is 29.6 Å². The number of rotatable bonds is 4. The standard InChI is InChI=1S/C12H16N4O3S/c1-7-12(8(2)15-14-7)16-20(17,18)9-4-5-10(13)11(6-9)19-3/h4-6,16H,13H2,1-3H3,(H,14,15). The molecule has 1 heterocycles. The third-order valence-corrected chi connectivity index (χ3v) is 4.23. The minimum Gasteiger partial charge on any atom is -0.495 e. The summed E-state index contributed by atoms with van der Waals surface area (Å²) in [5, 5.41) is 6.67. The SMILES string of the molecule is COc1cc(S(=O)(=O)Nc2c(C)n[nH]c2C)ccc1N. The summed E-state index contributed by atoms with van der Waals surface area (Å²) in [6.07, 6.45) is 0. The largest absolute Gasteiger partial charge is 0.495 e. The van der Waals surface area contributed by atoms with Crippen LogP contribution in [0, 0.1) is 13.8 Å². The number of hydrogen-bond donors (Lipinski definition) is 3. The Kier molecular flexibility index (Phi) is 3.58. The molecule has 108 valence electrons. The molecule has 8 heteroatoms. The average molecular weight is 296 g/mol. The van der Waals surface area contributed by atoms with Gasteiger partial charge in [-0.05, 0) is 26.0 Å². The zero-order chi connectivity index (χ0) is 14.9. The fourth-order valence-corrected chi connectivity index (χ4v) is 2.95. The average Bonchev–Trinajstić information content (AvgIpc) is 2.70. The van der Waals surface area contributed by atoms with E-state index in [2.05, 4.69) is 14.9 Å². The number of aryl methyl sites for hydroxylation is 2. The van der Waals surface area contributed by atoms with Crippen molar-refractivity contribution in [2.24, 2.45) is 0 Å². The van der Waals surface area contributed by atoms with E-state index < -0.39 is 10.0 Å². The Morgan fingerprint density at radius 1 is 1.35 bits per heavy atom. The van der Waals surface area contributed by atoms with Gasteiger partial charge in [0.1, 0.15) is 5.75 Å². The van der Waals surface area contributed by atoms with Gasteiger partial charge in [0.05, 0.1) is 34.8 Å². The molecule has 20 heavy (non-hydrogen) atoms. The topological polar surface area (TPSA) is 110 Å². The van der Waals surface area contributed by atoms with E-state index >= 15 is 0 Å². The summed E-state index contributed by atoms with van der Waals surface area (Å²) in [5.41, 5.74) is 7.72. The first-order chi connectivity index (χ1) is 9.35. The molecule has 0 atom stereocenters. The van der Waals surface area contributed by atoms with E-state index in [1.807, 2.05) is 0 Å². The summed E-state index contributed by atoms with van der Waals surface area (Å²) < 4.78 is 32.2. The van der Waals surface area contributed by atoms with Crippen LogP contribution in [0.15, 0.2) is 23.1 Å². The molecule has 0 fully saturated rings. The van der Waals surface area contributed by atoms with E-state index in [0.717, 1.165) is 0 Å². The second-order valence-corrected chi connectivity index (χ2v) is 6.00. The lowest BCUT2D eigenvalue weighted by Crippen LogP contribution is -2.14. The maximum atomic E-state index is 12.3. The number of H-pyrrole nitrogens is 1. The van der Waals surface area contributed by atoms with Crippen LogP contribution in [0.25, 0.3) is 0 Å². The summed E-state index contributed by atoms with van der Waals surface area (Å²) in [6.45, 7) is 3.45. The molecule has 0 radical (unpaired) electrons. The van der Waals surface area contributed by atoms with Crippen LogP contribution in [0.5, 0.6) is 5.75 Å². The molecule has 0 saturated heterocycles. The van der Waals surface area contributed by atoms with Crippen LogP contribution < -0.4 is 15.2 Å². The quantitative estimate of drug-likeness (QED) is 0.739. The fourth-order valence-electron chi connectivity index (χ4n) is 1.75. The zero-order valence-electron chi connectivity index (χ0n) is 11.4. The lowest BCUT2D eigenvalue weighted by molar-refractivity contribution is 0.415. The van der Waals surface area contributed by atoms with Crippen LogP contribution >= 0.6 is 0 Å². The van der Waals surface area contributed by atoms with Crippen LogP contribution in [-0.2, 0) is 10.0 Å². The molecule has 0 amide bonds. The van der Waals surface area contributed by atoms with Gasteiger partial charge in [0.25, 0.3) is 10.0 Å². The molecule has 0 unspecified atom stereocenters. The van der Waals surface area contributed by atoms with Gasteiger partial charge >= 0.3 is 0 Å². The molecule has 7 nitrogen and oxygen atoms in total. The van der Waals surface area contributed by atoms with Gasteiger partial charge in [-0.1, -0.05) is 0 Å². The predicted octanol–water partition coefficient (Wildman–Crippen LogP) is 1.42. The second kappa shape index (κ2) is 5.04. The molecule has 2 aromatic rings. The van der Waals surface area contributed by atoms with Crippen LogP contribution in [0.4, 0.5) is 11.4 Å². The Morgan fingerprint density at radius 3 is 2.60 bits per heavy atom. The molecular weight excluding hydrogens is 280 g/mol. The highest BCUT2D eigenvalue weighted by atomic mass is 32.2. The summed E-state index contributed by atoms with van der Waals surface area (Å²) >= 11 is 0. The minimum absolute atomic E-state index is 0.0727. The van der Waals surface area contributed by atoms with Gasteiger partial charge in [-0.2, -0.15) is 5.10 Å². The van der Waals surface area contributed by atoms with Crippen molar-refractivity contribution in [3.8, 4) is 5.75 Å². The van der Waals surface area contributed by atoms with Crippen LogP contribution in [0.3, 0.4) is 0 Å². The van der Waals surface area contributed by atoms with E-state index in [1.165, 1.54) is 25.3 Å². The Hall–Kier alpha value is -2.22. The molecule has 1 aromatic carbocycles. The van der Waals surface area contributed by atoms with Crippen LogP contribution in [0.2, 0.25) is 0 Å². The Balaban J connectivity index is 2.41. The number of ether oxygens (including phenoxy) is 1. The van der Waals surface area contributed by atoms with E-state index in [4.69, 9.17) is 10.5 Å². The first-order valence-electron chi connectivity index (χ1n) is 5.83. The predicted molar refractivity (Wildman–Crippen MR) is 76.3 cm³/mol. The normalized spacial score (nSPS) is 11.3. The zero-order valence-corrected chi connectivity index (χ0v) is 12.2. The van der Waals surface area contributed by atoms with Crippen molar-refractivity contribution in [2.45, 2.75) is 18.7 Å². The number of nitrogens with zero attached hydrogens (tertiary/aromatic N) is 1. The van der Waals surface area contributed by atoms with Crippen molar-refractivity contribution >= 4 is 21.4 Å². The molecule has 0 aliphatic carbocycles. The van der Waals surface area contributed by atoms with Gasteiger partial charge in [-0.25, -0.2) is 8.42 Å². The number of aromatic nitrogens is 2. The fraction of sp³-hybridized carbons (Fsp3) is 0.250. The lowest BCUT2D eigenvalue weighted by Gasteiger charge is -2.10. The number of nitrogen functional groups attached to an aromatic ring is 1. The van der Waals surface area contributed by atoms with Gasteiger partial charge in [0.15, 0.2) is 0 Å². The van der Waals surface area contributed by atoms with Crippen molar-refractivity contribution in [2.75, 3.05) is 17.6 Å². The number of benzene rings is 1. The number of nitrogens with two attached hydrogens (primary N) is 1. The summed E-state index contributed by atoms with van der Waals surface area (Å²) in [7, 11) is -2.29. The number of methoxy groups -OCH3 is 1. The third-order valence-electron chi connectivity index (χ3n) is 2.88. The summed E-state index contributed by atoms with van der Waals surface area (Å²) in [5.74, 6) is 0.313. The van der Waals surface area contributed by atoms with Gasteiger partial charge in [0.2, 0.25) is 0 Å². The Bertz CT molecular complexity index is 718. The smallest absolute Gasteiger partial charge is 0.262 e. The molecular formula is C12H16N4O3S. The van der Waals surface area contributed by atoms with Crippen molar-refractivity contribution in [1.29, 1.82) is 0 Å². The van der Waals surface area contributed by atoms with Crippen molar-refractivity contribution in [1.82, 2.24) is 10.2 Å². The van der Waals surface area contributed by atoms with Gasteiger partial charge < -0.3 is 10.5 Å². The van der Waals surface area contributed by atoms with Gasteiger partial charge in [-0.15, -0.1) is 0 Å². The van der Waals surface area contributed by atoms with E-state index in [0.29, 0.717) is 28.5 Å². The summed E-state index contributed by atoms with van der Waals surface area (Å²) in [4.78, 5) is 0.0727. The van der Waals surface area contributed by atoms with Crippen LogP contribution in [-0.4, -0.2) is 25.7 Å². The summed E-state index contributed by atoms with van der Waals surface area (Å²) in [6, 6.07) is 4.29. The molecule has 4 N–H and O–H groups in total. The molecule has 0 aliphatic heterocycles. The number of sulfonamides is 1. The molecule has 0 saturated carbocycles.